The van der Waals surface area contributed by atoms with Crippen LogP contribution >= 0.6 is 0 Å². The Balaban J connectivity index is 2.08. The fraction of sp³-hybridized carbons (Fsp3) is 0.278. The fourth-order valence-electron chi connectivity index (χ4n) is 2.02. The van der Waals surface area contributed by atoms with Crippen LogP contribution in [0.25, 0.3) is 6.08 Å². The number of aromatic nitrogens is 1. The van der Waals surface area contributed by atoms with Crippen LogP contribution in [0, 0.1) is 0 Å². The van der Waals surface area contributed by atoms with Gasteiger partial charge in [-0.2, -0.15) is 0 Å². The standard InChI is InChI=1S/C18H21NO4S/c1-18(2,3)23-17(20)10-9-15-11-12-19(13-15)24(21,22)14-16-7-5-4-6-8-16/h4-13H,14H2,1-3H3. The van der Waals surface area contributed by atoms with Gasteiger partial charge in [0.05, 0.1) is 5.75 Å². The lowest BCUT2D eigenvalue weighted by Gasteiger charge is -2.17. The number of carbonyl (C=O) groups excluding carboxylic acids is 1. The van der Waals surface area contributed by atoms with Crippen molar-refractivity contribution in [3.63, 3.8) is 0 Å². The summed E-state index contributed by atoms with van der Waals surface area (Å²) in [5, 5.41) is 0. The molecule has 2 rings (SSSR count). The van der Waals surface area contributed by atoms with Gasteiger partial charge >= 0.3 is 5.97 Å². The number of benzene rings is 1. The lowest BCUT2D eigenvalue weighted by atomic mass is 10.2. The molecule has 0 saturated carbocycles. The largest absolute Gasteiger partial charge is 0.457 e. The second-order valence-corrected chi connectivity index (χ2v) is 8.26. The first-order chi connectivity index (χ1) is 11.2. The van der Waals surface area contributed by atoms with Crippen LogP contribution in [0.1, 0.15) is 31.9 Å². The van der Waals surface area contributed by atoms with Crippen molar-refractivity contribution in [1.82, 2.24) is 3.97 Å². The Morgan fingerprint density at radius 3 is 2.46 bits per heavy atom. The number of nitrogens with zero attached hydrogens (tertiary/aromatic N) is 1. The van der Waals surface area contributed by atoms with Gasteiger partial charge in [0.25, 0.3) is 0 Å². The molecule has 0 unspecified atom stereocenters. The third-order valence-electron chi connectivity index (χ3n) is 3.02. The van der Waals surface area contributed by atoms with Crippen LogP contribution < -0.4 is 0 Å². The first kappa shape index (κ1) is 18.0. The van der Waals surface area contributed by atoms with Gasteiger partial charge in [0.15, 0.2) is 0 Å². The molecule has 0 spiro atoms. The molecule has 24 heavy (non-hydrogen) atoms. The number of rotatable bonds is 5. The topological polar surface area (TPSA) is 65.4 Å². The zero-order valence-corrected chi connectivity index (χ0v) is 14.8. The highest BCUT2D eigenvalue weighted by atomic mass is 32.2. The van der Waals surface area contributed by atoms with E-state index >= 15 is 0 Å². The Kier molecular flexibility index (Phi) is 5.29. The SMILES string of the molecule is CC(C)(C)OC(=O)C=Cc1ccn(S(=O)(=O)Cc2ccccc2)c1. The molecule has 0 amide bonds. The average Bonchev–Trinajstić information content (AvgIpc) is 2.94. The average molecular weight is 347 g/mol. The zero-order chi connectivity index (χ0) is 17.8. The lowest BCUT2D eigenvalue weighted by molar-refractivity contribution is -0.148. The van der Waals surface area contributed by atoms with Crippen molar-refractivity contribution in [1.29, 1.82) is 0 Å². The van der Waals surface area contributed by atoms with Crippen molar-refractivity contribution in [2.75, 3.05) is 0 Å². The lowest BCUT2D eigenvalue weighted by Crippen LogP contribution is -2.22. The van der Waals surface area contributed by atoms with Crippen LogP contribution in [0.2, 0.25) is 0 Å². The van der Waals surface area contributed by atoms with Gasteiger partial charge in [0.1, 0.15) is 5.60 Å². The molecule has 128 valence electrons. The third-order valence-corrected chi connectivity index (χ3v) is 4.59. The van der Waals surface area contributed by atoms with E-state index in [1.807, 2.05) is 6.07 Å². The summed E-state index contributed by atoms with van der Waals surface area (Å²) in [7, 11) is -3.49. The normalized spacial score (nSPS) is 12.5. The van der Waals surface area contributed by atoms with Gasteiger partial charge in [0.2, 0.25) is 10.0 Å². The summed E-state index contributed by atoms with van der Waals surface area (Å²) < 4.78 is 31.1. The number of hydrogen-bond donors (Lipinski definition) is 0. The van der Waals surface area contributed by atoms with Crippen molar-refractivity contribution in [3.05, 3.63) is 66.0 Å². The molecule has 0 aliphatic carbocycles. The molecule has 6 heteroatoms. The van der Waals surface area contributed by atoms with Crippen LogP contribution in [-0.4, -0.2) is 24.0 Å². The molecule has 0 radical (unpaired) electrons. The molecule has 0 fully saturated rings. The van der Waals surface area contributed by atoms with Gasteiger partial charge < -0.3 is 4.74 Å². The van der Waals surface area contributed by atoms with Crippen molar-refractivity contribution in [2.45, 2.75) is 32.1 Å². The van der Waals surface area contributed by atoms with Gasteiger partial charge in [-0.15, -0.1) is 0 Å². The van der Waals surface area contributed by atoms with Gasteiger partial charge in [-0.05, 0) is 44.0 Å². The van der Waals surface area contributed by atoms with Crippen LogP contribution in [0.15, 0.2) is 54.9 Å². The molecule has 1 aromatic heterocycles. The second-order valence-electron chi connectivity index (χ2n) is 6.38. The van der Waals surface area contributed by atoms with E-state index in [0.717, 1.165) is 9.54 Å². The molecule has 1 aromatic carbocycles. The van der Waals surface area contributed by atoms with Gasteiger partial charge in [-0.1, -0.05) is 30.3 Å². The van der Waals surface area contributed by atoms with Crippen molar-refractivity contribution < 1.29 is 17.9 Å². The number of ether oxygens (including phenoxy) is 1. The molecular formula is C18H21NO4S. The zero-order valence-electron chi connectivity index (χ0n) is 14.0. The van der Waals surface area contributed by atoms with Crippen LogP contribution in [0.3, 0.4) is 0 Å². The summed E-state index contributed by atoms with van der Waals surface area (Å²) in [6, 6.07) is 10.6. The van der Waals surface area contributed by atoms with Crippen molar-refractivity contribution >= 4 is 22.1 Å². The highest BCUT2D eigenvalue weighted by Gasteiger charge is 2.15. The molecule has 0 N–H and O–H groups in total. The maximum Gasteiger partial charge on any atom is 0.331 e. The molecule has 0 saturated heterocycles. The second kappa shape index (κ2) is 7.05. The van der Waals surface area contributed by atoms with E-state index in [4.69, 9.17) is 4.74 Å². The van der Waals surface area contributed by atoms with Crippen molar-refractivity contribution in [2.24, 2.45) is 0 Å². The highest BCUT2D eigenvalue weighted by molar-refractivity contribution is 7.89. The fourth-order valence-corrected chi connectivity index (χ4v) is 3.31. The molecule has 1 heterocycles. The van der Waals surface area contributed by atoms with E-state index < -0.39 is 21.6 Å². The Labute approximate surface area is 142 Å². The molecule has 2 aromatic rings. The smallest absolute Gasteiger partial charge is 0.331 e. The molecule has 0 aliphatic rings. The van der Waals surface area contributed by atoms with E-state index in [2.05, 4.69) is 0 Å². The van der Waals surface area contributed by atoms with E-state index in [9.17, 15) is 13.2 Å². The number of esters is 1. The quantitative estimate of drug-likeness (QED) is 0.615. The van der Waals surface area contributed by atoms with E-state index in [1.54, 1.807) is 51.1 Å². The maximum absolute atomic E-state index is 12.4. The summed E-state index contributed by atoms with van der Waals surface area (Å²) >= 11 is 0. The first-order valence-corrected chi connectivity index (χ1v) is 9.13. The monoisotopic (exact) mass is 347 g/mol. The van der Waals surface area contributed by atoms with Gasteiger partial charge in [0, 0.05) is 18.5 Å². The Morgan fingerprint density at radius 2 is 1.83 bits per heavy atom. The Hall–Kier alpha value is -2.34. The summed E-state index contributed by atoms with van der Waals surface area (Å²) in [4.78, 5) is 11.6. The minimum Gasteiger partial charge on any atom is -0.457 e. The molecule has 0 aliphatic heterocycles. The third kappa shape index (κ3) is 5.38. The Bertz CT molecular complexity index is 827. The van der Waals surface area contributed by atoms with Crippen molar-refractivity contribution in [3.8, 4) is 0 Å². The summed E-state index contributed by atoms with van der Waals surface area (Å²) in [6.45, 7) is 5.35. The predicted molar refractivity (Wildman–Crippen MR) is 93.8 cm³/mol. The van der Waals surface area contributed by atoms with E-state index in [1.165, 1.54) is 24.5 Å². The summed E-state index contributed by atoms with van der Waals surface area (Å²) in [5.74, 6) is -0.556. The van der Waals surface area contributed by atoms with E-state index in [0.29, 0.717) is 5.56 Å². The van der Waals surface area contributed by atoms with Crippen LogP contribution in [-0.2, 0) is 25.3 Å². The van der Waals surface area contributed by atoms with Crippen LogP contribution in [0.5, 0.6) is 0 Å². The summed E-state index contributed by atoms with van der Waals surface area (Å²) in [5.41, 5.74) is 0.765. The molecule has 0 bridgehead atoms. The van der Waals surface area contributed by atoms with E-state index in [-0.39, 0.29) is 5.75 Å². The molecular weight excluding hydrogens is 326 g/mol. The molecule has 0 atom stereocenters. The number of hydrogen-bond acceptors (Lipinski definition) is 4. The minimum absolute atomic E-state index is 0.0856. The predicted octanol–water partition coefficient (Wildman–Crippen LogP) is 3.22. The Morgan fingerprint density at radius 1 is 1.17 bits per heavy atom. The summed E-state index contributed by atoms with van der Waals surface area (Å²) in [6.07, 6.45) is 5.75. The number of carbonyl (C=O) groups is 1. The minimum atomic E-state index is -3.49. The van der Waals surface area contributed by atoms with Gasteiger partial charge in [-0.3, -0.25) is 3.97 Å². The maximum atomic E-state index is 12.4. The van der Waals surface area contributed by atoms with Gasteiger partial charge in [-0.25, -0.2) is 13.2 Å². The van der Waals surface area contributed by atoms with Crippen LogP contribution in [0.4, 0.5) is 0 Å². The molecule has 5 nitrogen and oxygen atoms in total. The highest BCUT2D eigenvalue weighted by Crippen LogP contribution is 2.13. The first-order valence-electron chi connectivity index (χ1n) is 7.52.